The van der Waals surface area contributed by atoms with Gasteiger partial charge < -0.3 is 0 Å². The Morgan fingerprint density at radius 3 is 2.07 bits per heavy atom. The van der Waals surface area contributed by atoms with E-state index in [2.05, 4.69) is 51.7 Å². The van der Waals surface area contributed by atoms with Crippen LogP contribution in [0.3, 0.4) is 0 Å². The first-order valence-corrected chi connectivity index (χ1v) is 5.26. The molecule has 0 fully saturated rings. The van der Waals surface area contributed by atoms with Gasteiger partial charge in [-0.25, -0.2) is 0 Å². The molecule has 0 aromatic heterocycles. The van der Waals surface area contributed by atoms with Crippen LogP contribution in [0.2, 0.25) is 0 Å². The Balaban J connectivity index is 3.05. The van der Waals surface area contributed by atoms with Crippen molar-refractivity contribution in [1.29, 1.82) is 0 Å². The summed E-state index contributed by atoms with van der Waals surface area (Å²) in [6.45, 7) is 10.5. The fourth-order valence-corrected chi connectivity index (χ4v) is 1.64. The summed E-state index contributed by atoms with van der Waals surface area (Å²) in [5, 5.41) is 0. The minimum Gasteiger partial charge on any atom is -0.256 e. The molecule has 0 bridgehead atoms. The van der Waals surface area contributed by atoms with E-state index in [1.54, 1.807) is 0 Å². The van der Waals surface area contributed by atoms with E-state index in [0.29, 0.717) is 0 Å². The van der Waals surface area contributed by atoms with Gasteiger partial charge in [-0.2, -0.15) is 0 Å². The quantitative estimate of drug-likeness (QED) is 0.633. The Morgan fingerprint density at radius 2 is 1.60 bits per heavy atom. The lowest BCUT2D eigenvalue weighted by molar-refractivity contribution is 1.29. The molecule has 0 heterocycles. The molecular formula is C14H19N. The predicted molar refractivity (Wildman–Crippen MR) is 68.2 cm³/mol. The molecule has 1 heteroatoms. The number of aryl methyl sites for hydroxylation is 3. The van der Waals surface area contributed by atoms with E-state index in [0.717, 1.165) is 5.69 Å². The van der Waals surface area contributed by atoms with E-state index >= 15 is 0 Å². The summed E-state index contributed by atoms with van der Waals surface area (Å²) in [4.78, 5) is 4.49. The largest absolute Gasteiger partial charge is 0.256 e. The molecule has 0 amide bonds. The highest BCUT2D eigenvalue weighted by atomic mass is 14.7. The van der Waals surface area contributed by atoms with Crippen molar-refractivity contribution in [3.05, 3.63) is 40.5 Å². The van der Waals surface area contributed by atoms with Crippen molar-refractivity contribution in [2.75, 3.05) is 0 Å². The first-order chi connectivity index (χ1) is 7.00. The third-order valence-corrected chi connectivity index (χ3v) is 2.25. The van der Waals surface area contributed by atoms with Gasteiger partial charge in [-0.15, -0.1) is 0 Å². The summed E-state index contributed by atoms with van der Waals surface area (Å²) in [6, 6.07) is 4.34. The van der Waals surface area contributed by atoms with Crippen LogP contribution in [-0.4, -0.2) is 6.21 Å². The van der Waals surface area contributed by atoms with Gasteiger partial charge in [-0.05, 0) is 51.8 Å². The zero-order chi connectivity index (χ0) is 11.4. The summed E-state index contributed by atoms with van der Waals surface area (Å²) in [5.74, 6) is 0. The number of allylic oxidation sites excluding steroid dienone is 2. The van der Waals surface area contributed by atoms with Gasteiger partial charge in [0, 0.05) is 6.21 Å². The van der Waals surface area contributed by atoms with E-state index < -0.39 is 0 Å². The van der Waals surface area contributed by atoms with E-state index in [-0.39, 0.29) is 0 Å². The fourth-order valence-electron chi connectivity index (χ4n) is 1.64. The average Bonchev–Trinajstić information content (AvgIpc) is 2.08. The molecule has 0 aliphatic heterocycles. The van der Waals surface area contributed by atoms with E-state index in [1.165, 1.54) is 22.3 Å². The molecule has 0 aliphatic rings. The Labute approximate surface area is 92.6 Å². The normalized spacial score (nSPS) is 10.7. The molecule has 0 spiro atoms. The average molecular weight is 201 g/mol. The topological polar surface area (TPSA) is 12.4 Å². The molecule has 0 radical (unpaired) electrons. The van der Waals surface area contributed by atoms with Crippen LogP contribution in [0.5, 0.6) is 0 Å². The number of rotatable bonds is 2. The van der Waals surface area contributed by atoms with Crippen LogP contribution < -0.4 is 0 Å². The molecule has 1 aromatic rings. The summed E-state index contributed by atoms with van der Waals surface area (Å²) in [5.41, 5.74) is 6.14. The van der Waals surface area contributed by atoms with Crippen molar-refractivity contribution >= 4 is 11.9 Å². The van der Waals surface area contributed by atoms with Gasteiger partial charge >= 0.3 is 0 Å². The summed E-state index contributed by atoms with van der Waals surface area (Å²) in [7, 11) is 0. The molecular weight excluding hydrogens is 182 g/mol. The third-order valence-electron chi connectivity index (χ3n) is 2.25. The molecule has 15 heavy (non-hydrogen) atoms. The molecule has 0 saturated carbocycles. The Morgan fingerprint density at radius 1 is 1.07 bits per heavy atom. The first kappa shape index (κ1) is 11.7. The zero-order valence-corrected chi connectivity index (χ0v) is 10.3. The molecule has 0 N–H and O–H groups in total. The lowest BCUT2D eigenvalue weighted by Gasteiger charge is -2.05. The van der Waals surface area contributed by atoms with Gasteiger partial charge in [-0.3, -0.25) is 4.99 Å². The smallest absolute Gasteiger partial charge is 0.0688 e. The number of benzene rings is 1. The van der Waals surface area contributed by atoms with Crippen molar-refractivity contribution in [1.82, 2.24) is 0 Å². The lowest BCUT2D eigenvalue weighted by atomic mass is 10.1. The molecule has 80 valence electrons. The van der Waals surface area contributed by atoms with Crippen molar-refractivity contribution < 1.29 is 0 Å². The van der Waals surface area contributed by atoms with Crippen molar-refractivity contribution in [2.45, 2.75) is 34.6 Å². The maximum absolute atomic E-state index is 4.49. The third kappa shape index (κ3) is 3.35. The SMILES string of the molecule is CC(C)=CC=Nc1c(C)cc(C)cc1C. The highest BCUT2D eigenvalue weighted by Gasteiger charge is 2.00. The first-order valence-electron chi connectivity index (χ1n) is 5.26. The Hall–Kier alpha value is -1.37. The molecule has 0 atom stereocenters. The zero-order valence-electron chi connectivity index (χ0n) is 10.3. The number of aliphatic imine (C=N–C) groups is 1. The van der Waals surface area contributed by atoms with Crippen LogP contribution in [0.4, 0.5) is 5.69 Å². The highest BCUT2D eigenvalue weighted by molar-refractivity contribution is 5.76. The van der Waals surface area contributed by atoms with Crippen LogP contribution >= 0.6 is 0 Å². The van der Waals surface area contributed by atoms with Crippen molar-refractivity contribution in [3.63, 3.8) is 0 Å². The number of hydrogen-bond acceptors (Lipinski definition) is 1. The molecule has 1 aromatic carbocycles. The second-order valence-corrected chi connectivity index (χ2v) is 4.27. The summed E-state index contributed by atoms with van der Waals surface area (Å²) >= 11 is 0. The minimum absolute atomic E-state index is 1.10. The van der Waals surface area contributed by atoms with Crippen LogP contribution in [0, 0.1) is 20.8 Å². The van der Waals surface area contributed by atoms with Crippen molar-refractivity contribution in [2.24, 2.45) is 4.99 Å². The number of hydrogen-bond donors (Lipinski definition) is 0. The predicted octanol–water partition coefficient (Wildman–Crippen LogP) is 4.28. The molecule has 1 rings (SSSR count). The molecule has 0 saturated heterocycles. The number of nitrogens with zero attached hydrogens (tertiary/aromatic N) is 1. The van der Waals surface area contributed by atoms with Gasteiger partial charge in [0.2, 0.25) is 0 Å². The van der Waals surface area contributed by atoms with Gasteiger partial charge in [0.1, 0.15) is 0 Å². The minimum atomic E-state index is 1.10. The van der Waals surface area contributed by atoms with Crippen LogP contribution in [-0.2, 0) is 0 Å². The van der Waals surface area contributed by atoms with Crippen LogP contribution in [0.1, 0.15) is 30.5 Å². The summed E-state index contributed by atoms with van der Waals surface area (Å²) < 4.78 is 0. The summed E-state index contributed by atoms with van der Waals surface area (Å²) in [6.07, 6.45) is 3.90. The molecule has 0 aliphatic carbocycles. The second kappa shape index (κ2) is 4.92. The van der Waals surface area contributed by atoms with Crippen molar-refractivity contribution in [3.8, 4) is 0 Å². The van der Waals surface area contributed by atoms with E-state index in [1.807, 2.05) is 12.3 Å². The Kier molecular flexibility index (Phi) is 3.84. The van der Waals surface area contributed by atoms with Crippen LogP contribution in [0.15, 0.2) is 28.8 Å². The van der Waals surface area contributed by atoms with E-state index in [9.17, 15) is 0 Å². The molecule has 0 unspecified atom stereocenters. The van der Waals surface area contributed by atoms with Crippen LogP contribution in [0.25, 0.3) is 0 Å². The molecule has 1 nitrogen and oxygen atoms in total. The lowest BCUT2D eigenvalue weighted by Crippen LogP contribution is -1.83. The Bertz CT molecular complexity index is 384. The maximum Gasteiger partial charge on any atom is 0.0688 e. The van der Waals surface area contributed by atoms with Gasteiger partial charge in [0.15, 0.2) is 0 Å². The van der Waals surface area contributed by atoms with E-state index in [4.69, 9.17) is 0 Å². The highest BCUT2D eigenvalue weighted by Crippen LogP contribution is 2.24. The van der Waals surface area contributed by atoms with Gasteiger partial charge in [-0.1, -0.05) is 23.3 Å². The second-order valence-electron chi connectivity index (χ2n) is 4.27. The fraction of sp³-hybridized carbons (Fsp3) is 0.357. The van der Waals surface area contributed by atoms with Gasteiger partial charge in [0.05, 0.1) is 5.69 Å². The standard InChI is InChI=1S/C14H19N/c1-10(2)6-7-15-14-12(4)8-11(3)9-13(14)5/h6-9H,1-5H3. The van der Waals surface area contributed by atoms with Gasteiger partial charge in [0.25, 0.3) is 0 Å². The maximum atomic E-state index is 4.49. The monoisotopic (exact) mass is 201 g/mol.